The fourth-order valence-electron chi connectivity index (χ4n) is 11.3. The summed E-state index contributed by atoms with van der Waals surface area (Å²) in [6.07, 6.45) is 17.9. The van der Waals surface area contributed by atoms with Gasteiger partial charge in [-0.2, -0.15) is 0 Å². The van der Waals surface area contributed by atoms with Gasteiger partial charge in [0.1, 0.15) is 6.61 Å². The van der Waals surface area contributed by atoms with E-state index in [1.807, 2.05) is 30.3 Å². The zero-order valence-corrected chi connectivity index (χ0v) is 30.4. The van der Waals surface area contributed by atoms with Gasteiger partial charge < -0.3 is 21.1 Å². The van der Waals surface area contributed by atoms with Crippen LogP contribution in [0.5, 0.6) is 0 Å². The molecule has 0 aliphatic heterocycles. The number of rotatable bonds is 14. The van der Waals surface area contributed by atoms with E-state index in [4.69, 9.17) is 10.5 Å². The lowest BCUT2D eigenvalue weighted by Crippen LogP contribution is -2.56. The van der Waals surface area contributed by atoms with Gasteiger partial charge in [-0.25, -0.2) is 4.79 Å². The largest absolute Gasteiger partial charge is 0.445 e. The Bertz CT molecular complexity index is 1160. The number of benzene rings is 1. The first-order valence-electron chi connectivity index (χ1n) is 19.5. The maximum absolute atomic E-state index is 13.1. The van der Waals surface area contributed by atoms with Gasteiger partial charge in [-0.1, -0.05) is 84.2 Å². The summed E-state index contributed by atoms with van der Waals surface area (Å²) in [5.41, 5.74) is 8.27. The molecule has 4 saturated carbocycles. The van der Waals surface area contributed by atoms with Gasteiger partial charge in [-0.3, -0.25) is 4.79 Å². The topological polar surface area (TPSA) is 93.5 Å². The van der Waals surface area contributed by atoms with Crippen LogP contribution in [0.4, 0.5) is 4.79 Å². The lowest BCUT2D eigenvalue weighted by atomic mass is 9.44. The monoisotopic (exact) mass is 650 g/mol. The smallest absolute Gasteiger partial charge is 0.407 e. The molecule has 6 heteroatoms. The van der Waals surface area contributed by atoms with E-state index >= 15 is 0 Å². The van der Waals surface area contributed by atoms with Crippen LogP contribution in [0, 0.1) is 52.3 Å². The molecule has 1 unspecified atom stereocenters. The standard InChI is InChI=1S/C41H67N3O3/c1-28(2)12-11-13-29(3)34-19-20-35-33-18-17-31-26-32(21-23-40(31,4)36(33)22-24-41(34,35)5)44-38(45)37(42)16-9-10-25-43-39(46)47-27-30-14-7-6-8-15-30/h6-8,14-15,28-29,31-37H,9-13,16-27,42H2,1-5H3,(H,43,46)(H,44,45)/t29-,31?,32-,33+,34-,35+,36+,37+,40+,41-/m1/s1. The third-order valence-electron chi connectivity index (χ3n) is 14.0. The molecule has 1 aromatic rings. The number of hydrogen-bond donors (Lipinski definition) is 3. The van der Waals surface area contributed by atoms with Crippen molar-refractivity contribution in [3.63, 3.8) is 0 Å². The van der Waals surface area contributed by atoms with Crippen molar-refractivity contribution in [3.05, 3.63) is 35.9 Å². The van der Waals surface area contributed by atoms with Crippen molar-refractivity contribution in [3.8, 4) is 0 Å². The molecule has 4 N–H and O–H groups in total. The number of hydrogen-bond acceptors (Lipinski definition) is 4. The lowest BCUT2D eigenvalue weighted by Gasteiger charge is -2.61. The van der Waals surface area contributed by atoms with Crippen LogP contribution in [0.3, 0.4) is 0 Å². The molecule has 10 atom stereocenters. The molecule has 4 fully saturated rings. The van der Waals surface area contributed by atoms with Gasteiger partial charge in [0.05, 0.1) is 6.04 Å². The highest BCUT2D eigenvalue weighted by atomic mass is 16.5. The lowest BCUT2D eigenvalue weighted by molar-refractivity contribution is -0.129. The minimum Gasteiger partial charge on any atom is -0.445 e. The summed E-state index contributed by atoms with van der Waals surface area (Å²) in [7, 11) is 0. The predicted molar refractivity (Wildman–Crippen MR) is 191 cm³/mol. The minimum atomic E-state index is -0.497. The van der Waals surface area contributed by atoms with Crippen molar-refractivity contribution >= 4 is 12.0 Å². The average Bonchev–Trinajstić information content (AvgIpc) is 3.41. The third-order valence-corrected chi connectivity index (χ3v) is 14.0. The van der Waals surface area contributed by atoms with E-state index in [1.54, 1.807) is 0 Å². The van der Waals surface area contributed by atoms with Crippen LogP contribution in [-0.4, -0.2) is 30.6 Å². The number of unbranched alkanes of at least 4 members (excludes halogenated alkanes) is 1. The second kappa shape index (κ2) is 16.1. The molecule has 5 rings (SSSR count). The van der Waals surface area contributed by atoms with E-state index in [2.05, 4.69) is 45.3 Å². The van der Waals surface area contributed by atoms with Gasteiger partial charge >= 0.3 is 6.09 Å². The van der Waals surface area contributed by atoms with Crippen LogP contribution in [0.15, 0.2) is 30.3 Å². The number of ether oxygens (including phenoxy) is 1. The van der Waals surface area contributed by atoms with Crippen LogP contribution in [0.25, 0.3) is 0 Å². The normalized spacial score (nSPS) is 34.4. The quantitative estimate of drug-likeness (QED) is 0.175. The fourth-order valence-corrected chi connectivity index (χ4v) is 11.3. The summed E-state index contributed by atoms with van der Waals surface area (Å²) in [5.74, 6) is 5.99. The Morgan fingerprint density at radius 1 is 0.872 bits per heavy atom. The highest BCUT2D eigenvalue weighted by Gasteiger charge is 2.60. The number of nitrogens with two attached hydrogens (primary N) is 1. The Morgan fingerprint density at radius 2 is 1.62 bits per heavy atom. The first-order chi connectivity index (χ1) is 22.5. The predicted octanol–water partition coefficient (Wildman–Crippen LogP) is 9.02. The zero-order chi connectivity index (χ0) is 33.6. The zero-order valence-electron chi connectivity index (χ0n) is 30.4. The maximum Gasteiger partial charge on any atom is 0.407 e. The molecule has 0 spiro atoms. The van der Waals surface area contributed by atoms with Gasteiger partial charge in [-0.15, -0.1) is 0 Å². The molecule has 0 saturated heterocycles. The van der Waals surface area contributed by atoms with Crippen molar-refractivity contribution in [2.45, 2.75) is 150 Å². The molecular weight excluding hydrogens is 582 g/mol. The van der Waals surface area contributed by atoms with Crippen molar-refractivity contribution < 1.29 is 14.3 Å². The molecule has 4 aliphatic rings. The summed E-state index contributed by atoms with van der Waals surface area (Å²) in [6.45, 7) is 13.4. The Balaban J connectivity index is 1.02. The van der Waals surface area contributed by atoms with Crippen LogP contribution >= 0.6 is 0 Å². The molecule has 47 heavy (non-hydrogen) atoms. The van der Waals surface area contributed by atoms with Crippen LogP contribution < -0.4 is 16.4 Å². The highest BCUT2D eigenvalue weighted by Crippen LogP contribution is 2.68. The van der Waals surface area contributed by atoms with Crippen molar-refractivity contribution in [1.82, 2.24) is 10.6 Å². The van der Waals surface area contributed by atoms with Crippen molar-refractivity contribution in [1.29, 1.82) is 0 Å². The molecule has 6 nitrogen and oxygen atoms in total. The number of amides is 2. The van der Waals surface area contributed by atoms with Crippen molar-refractivity contribution in [2.75, 3.05) is 6.54 Å². The summed E-state index contributed by atoms with van der Waals surface area (Å²) in [4.78, 5) is 25.1. The molecule has 264 valence electrons. The molecule has 4 aliphatic carbocycles. The van der Waals surface area contributed by atoms with E-state index in [-0.39, 0.29) is 18.6 Å². The van der Waals surface area contributed by atoms with Gasteiger partial charge in [0.2, 0.25) is 5.91 Å². The van der Waals surface area contributed by atoms with E-state index in [0.29, 0.717) is 29.7 Å². The van der Waals surface area contributed by atoms with Gasteiger partial charge in [-0.05, 0) is 135 Å². The first kappa shape index (κ1) is 36.2. The number of fused-ring (bicyclic) bond motifs is 5. The van der Waals surface area contributed by atoms with E-state index in [1.165, 1.54) is 64.2 Å². The molecule has 2 amide bonds. The van der Waals surface area contributed by atoms with Crippen LogP contribution in [-0.2, 0) is 16.1 Å². The Morgan fingerprint density at radius 3 is 2.38 bits per heavy atom. The Hall–Kier alpha value is -2.08. The van der Waals surface area contributed by atoms with Crippen molar-refractivity contribution in [2.24, 2.45) is 58.0 Å². The first-order valence-corrected chi connectivity index (χ1v) is 19.5. The number of carbonyl (C=O) groups excluding carboxylic acids is 2. The molecule has 0 aromatic heterocycles. The van der Waals surface area contributed by atoms with Crippen LogP contribution in [0.1, 0.15) is 136 Å². The molecule has 0 bridgehead atoms. The van der Waals surface area contributed by atoms with Gasteiger partial charge in [0, 0.05) is 12.6 Å². The van der Waals surface area contributed by atoms with E-state index in [0.717, 1.165) is 66.8 Å². The molecule has 0 radical (unpaired) electrons. The SMILES string of the molecule is CC(C)CCC[C@@H](C)[C@H]1CC[C@H]2[C@@H]3CCC4C[C@H](NC(=O)[C@@H](N)CCCCNC(=O)OCc5ccccc5)CC[C@]4(C)[C@H]3CC[C@]12C. The molecule has 0 heterocycles. The average molecular weight is 650 g/mol. The second-order valence-corrected chi connectivity index (χ2v) is 17.3. The van der Waals surface area contributed by atoms with Gasteiger partial charge in [0.25, 0.3) is 0 Å². The maximum atomic E-state index is 13.1. The Labute approximate surface area is 286 Å². The minimum absolute atomic E-state index is 0.00420. The highest BCUT2D eigenvalue weighted by molar-refractivity contribution is 5.81. The third kappa shape index (κ3) is 8.57. The van der Waals surface area contributed by atoms with E-state index < -0.39 is 12.1 Å². The summed E-state index contributed by atoms with van der Waals surface area (Å²) in [6, 6.07) is 9.41. The molecule has 1 aromatic carbocycles. The molecular formula is C41H67N3O3. The number of carbonyl (C=O) groups is 2. The summed E-state index contributed by atoms with van der Waals surface area (Å²) < 4.78 is 5.27. The van der Waals surface area contributed by atoms with E-state index in [9.17, 15) is 9.59 Å². The number of alkyl carbamates (subject to hydrolysis) is 1. The Kier molecular flexibility index (Phi) is 12.4. The fraction of sp³-hybridized carbons (Fsp3) is 0.805. The number of nitrogens with one attached hydrogen (secondary N) is 2. The van der Waals surface area contributed by atoms with Crippen LogP contribution in [0.2, 0.25) is 0 Å². The second-order valence-electron chi connectivity index (χ2n) is 17.3. The van der Waals surface area contributed by atoms with Gasteiger partial charge in [0.15, 0.2) is 0 Å². The summed E-state index contributed by atoms with van der Waals surface area (Å²) >= 11 is 0. The summed E-state index contributed by atoms with van der Waals surface area (Å²) in [5, 5.41) is 6.16.